The standard InChI is InChI=1S/C19H17N5OS/c1-20-26-13-6-4-5-12(9-13)23-18-15-10-16(24-19(15)22-11-21-18)14-7-2-3-8-17(14)25/h2-11,20,25H,1H3,(H2,21,22,23,24). The van der Waals surface area contributed by atoms with Crippen molar-refractivity contribution in [2.75, 3.05) is 12.4 Å². The number of aromatic amines is 1. The average Bonchev–Trinajstić information content (AvgIpc) is 3.08. The van der Waals surface area contributed by atoms with Gasteiger partial charge in [-0.05, 0) is 55.4 Å². The Morgan fingerprint density at radius 2 is 1.92 bits per heavy atom. The van der Waals surface area contributed by atoms with E-state index >= 15 is 0 Å². The predicted octanol–water partition coefficient (Wildman–Crippen LogP) is 4.30. The second-order valence-corrected chi connectivity index (χ2v) is 6.73. The summed E-state index contributed by atoms with van der Waals surface area (Å²) in [5, 5.41) is 14.3. The van der Waals surface area contributed by atoms with Crippen LogP contribution in [0.15, 0.2) is 65.8 Å². The van der Waals surface area contributed by atoms with Gasteiger partial charge in [0.05, 0.1) is 11.1 Å². The van der Waals surface area contributed by atoms with Gasteiger partial charge in [-0.2, -0.15) is 0 Å². The summed E-state index contributed by atoms with van der Waals surface area (Å²) in [7, 11) is 1.89. The molecule has 2 aromatic carbocycles. The van der Waals surface area contributed by atoms with E-state index in [0.717, 1.165) is 27.2 Å². The molecule has 0 aliphatic carbocycles. The lowest BCUT2D eigenvalue weighted by molar-refractivity contribution is 0.477. The third-order valence-corrected chi connectivity index (χ3v) is 4.63. The summed E-state index contributed by atoms with van der Waals surface area (Å²) in [4.78, 5) is 13.0. The number of benzene rings is 2. The second kappa shape index (κ2) is 7.07. The second-order valence-electron chi connectivity index (χ2n) is 5.64. The van der Waals surface area contributed by atoms with E-state index < -0.39 is 0 Å². The fraction of sp³-hybridized carbons (Fsp3) is 0.0526. The number of phenolic OH excluding ortho intramolecular Hbond substituents is 1. The van der Waals surface area contributed by atoms with Crippen molar-refractivity contribution in [1.29, 1.82) is 0 Å². The van der Waals surface area contributed by atoms with Gasteiger partial charge in [0.15, 0.2) is 0 Å². The van der Waals surface area contributed by atoms with Crippen LogP contribution in [0.2, 0.25) is 0 Å². The Labute approximate surface area is 154 Å². The molecule has 0 saturated carbocycles. The van der Waals surface area contributed by atoms with Crippen molar-refractivity contribution in [1.82, 2.24) is 19.7 Å². The van der Waals surface area contributed by atoms with Crippen molar-refractivity contribution in [2.24, 2.45) is 0 Å². The molecule has 0 aliphatic rings. The molecule has 0 saturated heterocycles. The number of aromatic hydroxyl groups is 1. The highest BCUT2D eigenvalue weighted by molar-refractivity contribution is 7.97. The fourth-order valence-electron chi connectivity index (χ4n) is 2.78. The molecule has 4 rings (SSSR count). The topological polar surface area (TPSA) is 85.9 Å². The molecule has 2 heterocycles. The summed E-state index contributed by atoms with van der Waals surface area (Å²) in [5.41, 5.74) is 3.17. The molecule has 0 amide bonds. The van der Waals surface area contributed by atoms with Gasteiger partial charge in [-0.15, -0.1) is 0 Å². The monoisotopic (exact) mass is 363 g/mol. The van der Waals surface area contributed by atoms with Crippen molar-refractivity contribution >= 4 is 34.5 Å². The average molecular weight is 363 g/mol. The largest absolute Gasteiger partial charge is 0.507 e. The molecule has 0 atom stereocenters. The van der Waals surface area contributed by atoms with Crippen LogP contribution in [0, 0.1) is 0 Å². The number of H-pyrrole nitrogens is 1. The van der Waals surface area contributed by atoms with Crippen LogP contribution in [0.5, 0.6) is 5.75 Å². The van der Waals surface area contributed by atoms with Crippen LogP contribution in [-0.4, -0.2) is 27.1 Å². The zero-order valence-corrected chi connectivity index (χ0v) is 14.8. The molecule has 2 aromatic heterocycles. The molecular weight excluding hydrogens is 346 g/mol. The Morgan fingerprint density at radius 3 is 2.77 bits per heavy atom. The Kier molecular flexibility index (Phi) is 4.47. The molecule has 6 nitrogen and oxygen atoms in total. The molecular formula is C19H17N5OS. The zero-order valence-electron chi connectivity index (χ0n) is 14.0. The Balaban J connectivity index is 1.72. The van der Waals surface area contributed by atoms with E-state index in [1.165, 1.54) is 6.33 Å². The van der Waals surface area contributed by atoms with E-state index in [2.05, 4.69) is 25.0 Å². The number of nitrogens with one attached hydrogen (secondary N) is 3. The van der Waals surface area contributed by atoms with Crippen molar-refractivity contribution in [3.8, 4) is 17.0 Å². The van der Waals surface area contributed by atoms with Crippen LogP contribution in [-0.2, 0) is 0 Å². The number of para-hydroxylation sites is 1. The van der Waals surface area contributed by atoms with Crippen LogP contribution < -0.4 is 10.0 Å². The first kappa shape index (κ1) is 16.4. The lowest BCUT2D eigenvalue weighted by Gasteiger charge is -2.07. The molecule has 4 aromatic rings. The first-order valence-corrected chi connectivity index (χ1v) is 8.89. The van der Waals surface area contributed by atoms with Gasteiger partial charge in [0.1, 0.15) is 23.5 Å². The molecule has 4 N–H and O–H groups in total. The highest BCUT2D eigenvalue weighted by Crippen LogP contribution is 2.32. The summed E-state index contributed by atoms with van der Waals surface area (Å²) in [6.45, 7) is 0. The van der Waals surface area contributed by atoms with E-state index in [-0.39, 0.29) is 5.75 Å². The van der Waals surface area contributed by atoms with E-state index in [0.29, 0.717) is 11.5 Å². The van der Waals surface area contributed by atoms with E-state index in [1.807, 2.05) is 49.5 Å². The lowest BCUT2D eigenvalue weighted by atomic mass is 10.1. The molecule has 0 spiro atoms. The quantitative estimate of drug-likeness (QED) is 0.396. The molecule has 0 radical (unpaired) electrons. The first-order valence-electron chi connectivity index (χ1n) is 8.07. The van der Waals surface area contributed by atoms with Gasteiger partial charge in [0.25, 0.3) is 0 Å². The number of phenols is 1. The van der Waals surface area contributed by atoms with Crippen LogP contribution in [0.25, 0.3) is 22.3 Å². The number of fused-ring (bicyclic) bond motifs is 1. The summed E-state index contributed by atoms with van der Waals surface area (Å²) in [5.74, 6) is 0.929. The molecule has 7 heteroatoms. The smallest absolute Gasteiger partial charge is 0.143 e. The molecule has 26 heavy (non-hydrogen) atoms. The van der Waals surface area contributed by atoms with Gasteiger partial charge >= 0.3 is 0 Å². The van der Waals surface area contributed by atoms with Crippen LogP contribution in [0.4, 0.5) is 11.5 Å². The normalized spacial score (nSPS) is 11.0. The van der Waals surface area contributed by atoms with E-state index in [1.54, 1.807) is 24.1 Å². The summed E-state index contributed by atoms with van der Waals surface area (Å²) >= 11 is 1.55. The maximum atomic E-state index is 10.1. The predicted molar refractivity (Wildman–Crippen MR) is 106 cm³/mol. The molecule has 0 fully saturated rings. The zero-order chi connectivity index (χ0) is 17.9. The van der Waals surface area contributed by atoms with Crippen LogP contribution in [0.3, 0.4) is 0 Å². The van der Waals surface area contributed by atoms with E-state index in [9.17, 15) is 5.11 Å². The number of nitrogens with zero attached hydrogens (tertiary/aromatic N) is 2. The fourth-order valence-corrected chi connectivity index (χ4v) is 3.35. The Hall–Kier alpha value is -3.03. The van der Waals surface area contributed by atoms with Crippen LogP contribution >= 0.6 is 11.9 Å². The highest BCUT2D eigenvalue weighted by Gasteiger charge is 2.12. The van der Waals surface area contributed by atoms with Crippen molar-refractivity contribution < 1.29 is 5.11 Å². The Bertz CT molecular complexity index is 1060. The van der Waals surface area contributed by atoms with Gasteiger partial charge in [-0.25, -0.2) is 9.97 Å². The van der Waals surface area contributed by atoms with Crippen molar-refractivity contribution in [2.45, 2.75) is 4.90 Å². The van der Waals surface area contributed by atoms with Gasteiger partial charge in [0.2, 0.25) is 0 Å². The van der Waals surface area contributed by atoms with Gasteiger partial charge in [-0.1, -0.05) is 18.2 Å². The minimum absolute atomic E-state index is 0.221. The number of hydrogen-bond donors (Lipinski definition) is 4. The number of hydrogen-bond acceptors (Lipinski definition) is 6. The van der Waals surface area contributed by atoms with Gasteiger partial charge in [-0.3, -0.25) is 4.72 Å². The lowest BCUT2D eigenvalue weighted by Crippen LogP contribution is -1.96. The van der Waals surface area contributed by atoms with Gasteiger partial charge in [0, 0.05) is 16.1 Å². The molecule has 0 unspecified atom stereocenters. The number of aromatic nitrogens is 3. The van der Waals surface area contributed by atoms with Crippen molar-refractivity contribution in [3.05, 3.63) is 60.9 Å². The number of rotatable bonds is 5. The van der Waals surface area contributed by atoms with E-state index in [4.69, 9.17) is 0 Å². The third kappa shape index (κ3) is 3.22. The maximum absolute atomic E-state index is 10.1. The minimum Gasteiger partial charge on any atom is -0.507 e. The van der Waals surface area contributed by atoms with Gasteiger partial charge < -0.3 is 15.4 Å². The molecule has 0 aliphatic heterocycles. The third-order valence-electron chi connectivity index (χ3n) is 3.94. The SMILES string of the molecule is CNSc1cccc(Nc2ncnc3[nH]c(-c4ccccc4O)cc23)c1. The van der Waals surface area contributed by atoms with Crippen molar-refractivity contribution in [3.63, 3.8) is 0 Å². The highest BCUT2D eigenvalue weighted by atomic mass is 32.2. The molecule has 0 bridgehead atoms. The molecule has 130 valence electrons. The summed E-state index contributed by atoms with van der Waals surface area (Å²) in [6.07, 6.45) is 1.52. The Morgan fingerprint density at radius 1 is 1.04 bits per heavy atom. The summed E-state index contributed by atoms with van der Waals surface area (Å²) < 4.78 is 3.07. The van der Waals surface area contributed by atoms with Crippen LogP contribution in [0.1, 0.15) is 0 Å². The number of anilines is 2. The summed E-state index contributed by atoms with van der Waals surface area (Å²) in [6, 6.07) is 17.2. The maximum Gasteiger partial charge on any atom is 0.143 e. The first-order chi connectivity index (χ1) is 12.7. The minimum atomic E-state index is 0.221.